The molecule has 0 radical (unpaired) electrons. The maximum Gasteiger partial charge on any atom is 0.278 e. The molecule has 8 heteroatoms. The average Bonchev–Trinajstić information content (AvgIpc) is 3.38. The molecule has 1 fully saturated rings. The smallest absolute Gasteiger partial charge is 0.278 e. The van der Waals surface area contributed by atoms with Crippen LogP contribution >= 0.6 is 11.8 Å². The predicted octanol–water partition coefficient (Wildman–Crippen LogP) is 2.26. The van der Waals surface area contributed by atoms with Crippen LogP contribution in [0.15, 0.2) is 34.3 Å². The Hall–Kier alpha value is -2.19. The van der Waals surface area contributed by atoms with E-state index in [1.54, 1.807) is 35.5 Å². The minimum absolute atomic E-state index is 0.0967. The van der Waals surface area contributed by atoms with Gasteiger partial charge in [-0.15, -0.1) is 0 Å². The van der Waals surface area contributed by atoms with Crippen LogP contribution in [-0.2, 0) is 5.60 Å². The molecule has 0 aromatic carbocycles. The van der Waals surface area contributed by atoms with Gasteiger partial charge in [-0.2, -0.15) is 0 Å². The first-order valence-electron chi connectivity index (χ1n) is 8.14. The maximum atomic E-state index is 12.9. The van der Waals surface area contributed by atoms with E-state index in [9.17, 15) is 9.90 Å². The molecular formula is C17H19N5O2S. The molecule has 3 aromatic rings. The summed E-state index contributed by atoms with van der Waals surface area (Å²) in [6.45, 7) is 3.38. The van der Waals surface area contributed by atoms with E-state index in [-0.39, 0.29) is 11.6 Å². The van der Waals surface area contributed by atoms with E-state index >= 15 is 0 Å². The van der Waals surface area contributed by atoms with Crippen LogP contribution in [0.2, 0.25) is 0 Å². The summed E-state index contributed by atoms with van der Waals surface area (Å²) >= 11 is 1.43. The first-order valence-corrected chi connectivity index (χ1v) is 9.37. The molecule has 0 unspecified atom stereocenters. The van der Waals surface area contributed by atoms with Crippen LogP contribution in [0.5, 0.6) is 0 Å². The van der Waals surface area contributed by atoms with Gasteiger partial charge in [0.15, 0.2) is 16.6 Å². The first-order chi connectivity index (χ1) is 11.9. The monoisotopic (exact) mass is 357 g/mol. The zero-order chi connectivity index (χ0) is 17.8. The van der Waals surface area contributed by atoms with Crippen LogP contribution in [0.3, 0.4) is 0 Å². The third-order valence-corrected chi connectivity index (χ3v) is 4.82. The second kappa shape index (κ2) is 5.67. The molecule has 25 heavy (non-hydrogen) atoms. The van der Waals surface area contributed by atoms with Crippen LogP contribution in [-0.4, -0.2) is 35.7 Å². The quantitative estimate of drug-likeness (QED) is 0.569. The van der Waals surface area contributed by atoms with Crippen molar-refractivity contribution in [2.75, 3.05) is 6.26 Å². The second-order valence-electron chi connectivity index (χ2n) is 6.73. The Kier molecular flexibility index (Phi) is 3.69. The number of nitrogens with zero attached hydrogens (tertiary/aromatic N) is 5. The Morgan fingerprint density at radius 3 is 2.68 bits per heavy atom. The molecule has 130 valence electrons. The molecule has 1 aliphatic rings. The van der Waals surface area contributed by atoms with E-state index < -0.39 is 5.60 Å². The third-order valence-electron chi connectivity index (χ3n) is 4.25. The van der Waals surface area contributed by atoms with Crippen LogP contribution < -0.4 is 5.56 Å². The van der Waals surface area contributed by atoms with Gasteiger partial charge in [0.2, 0.25) is 0 Å². The molecule has 0 saturated heterocycles. The number of rotatable bonds is 4. The van der Waals surface area contributed by atoms with Crippen LogP contribution in [0.4, 0.5) is 0 Å². The highest BCUT2D eigenvalue weighted by atomic mass is 32.2. The highest BCUT2D eigenvalue weighted by Crippen LogP contribution is 2.35. The van der Waals surface area contributed by atoms with Gasteiger partial charge in [0.25, 0.3) is 5.56 Å². The van der Waals surface area contributed by atoms with Gasteiger partial charge in [-0.25, -0.2) is 24.3 Å². The van der Waals surface area contributed by atoms with Crippen molar-refractivity contribution in [3.05, 3.63) is 40.4 Å². The molecule has 0 spiro atoms. The Morgan fingerprint density at radius 2 is 2.04 bits per heavy atom. The van der Waals surface area contributed by atoms with Gasteiger partial charge >= 0.3 is 0 Å². The Balaban J connectivity index is 2.03. The van der Waals surface area contributed by atoms with Crippen molar-refractivity contribution >= 4 is 22.8 Å². The first kappa shape index (κ1) is 16.3. The van der Waals surface area contributed by atoms with Crippen molar-refractivity contribution in [1.82, 2.24) is 24.3 Å². The average molecular weight is 357 g/mol. The standard InChI is InChI=1S/C17H19N5O2S/c1-17(2,24)12-5-4-6-13(19-12)22-14-11(9-18-16(20-14)25-3)15(23)21(22)10-7-8-10/h4-6,9-10,24H,7-8H2,1-3H3. The maximum absolute atomic E-state index is 12.9. The van der Waals surface area contributed by atoms with E-state index in [1.807, 2.05) is 18.4 Å². The lowest BCUT2D eigenvalue weighted by atomic mass is 10.1. The van der Waals surface area contributed by atoms with Gasteiger partial charge in [0.1, 0.15) is 11.0 Å². The number of thioether (sulfide) groups is 1. The molecule has 1 aliphatic carbocycles. The summed E-state index contributed by atoms with van der Waals surface area (Å²) in [5.74, 6) is 0.573. The summed E-state index contributed by atoms with van der Waals surface area (Å²) < 4.78 is 3.49. The highest BCUT2D eigenvalue weighted by molar-refractivity contribution is 7.98. The summed E-state index contributed by atoms with van der Waals surface area (Å²) in [6, 6.07) is 5.59. The van der Waals surface area contributed by atoms with Crippen molar-refractivity contribution in [3.8, 4) is 5.82 Å². The Labute approximate surface area is 148 Å². The molecular weight excluding hydrogens is 338 g/mol. The van der Waals surface area contributed by atoms with Gasteiger partial charge in [-0.05, 0) is 45.1 Å². The lowest BCUT2D eigenvalue weighted by Crippen LogP contribution is -2.23. The van der Waals surface area contributed by atoms with E-state index in [0.29, 0.717) is 27.7 Å². The fourth-order valence-corrected chi connectivity index (χ4v) is 3.17. The molecule has 3 aromatic heterocycles. The highest BCUT2D eigenvalue weighted by Gasteiger charge is 2.31. The normalized spacial score (nSPS) is 15.0. The summed E-state index contributed by atoms with van der Waals surface area (Å²) in [5.41, 5.74) is -0.0682. The zero-order valence-electron chi connectivity index (χ0n) is 14.3. The van der Waals surface area contributed by atoms with E-state index in [4.69, 9.17) is 0 Å². The third kappa shape index (κ3) is 2.75. The minimum atomic E-state index is -1.07. The number of hydrogen-bond donors (Lipinski definition) is 1. The number of aromatic nitrogens is 5. The Morgan fingerprint density at radius 1 is 1.28 bits per heavy atom. The predicted molar refractivity (Wildman–Crippen MR) is 96.2 cm³/mol. The molecule has 0 atom stereocenters. The summed E-state index contributed by atoms with van der Waals surface area (Å²) in [6.07, 6.45) is 5.41. The van der Waals surface area contributed by atoms with Gasteiger partial charge in [-0.3, -0.25) is 4.79 Å². The minimum Gasteiger partial charge on any atom is -0.384 e. The lowest BCUT2D eigenvalue weighted by Gasteiger charge is -2.18. The van der Waals surface area contributed by atoms with Crippen molar-refractivity contribution in [1.29, 1.82) is 0 Å². The van der Waals surface area contributed by atoms with Crippen LogP contribution in [0.1, 0.15) is 38.4 Å². The van der Waals surface area contributed by atoms with E-state index in [0.717, 1.165) is 12.8 Å². The summed E-state index contributed by atoms with van der Waals surface area (Å²) in [5, 5.41) is 11.4. The fourth-order valence-electron chi connectivity index (χ4n) is 2.83. The van der Waals surface area contributed by atoms with Crippen molar-refractivity contribution in [2.45, 2.75) is 43.5 Å². The topological polar surface area (TPSA) is 85.8 Å². The Bertz CT molecular complexity index is 1010. The molecule has 1 N–H and O–H groups in total. The summed E-state index contributed by atoms with van der Waals surface area (Å²) in [7, 11) is 0. The molecule has 0 amide bonds. The van der Waals surface area contributed by atoms with Gasteiger partial charge in [0.05, 0.1) is 11.7 Å². The molecule has 3 heterocycles. The molecule has 0 aliphatic heterocycles. The largest absolute Gasteiger partial charge is 0.384 e. The van der Waals surface area contributed by atoms with E-state index in [2.05, 4.69) is 15.0 Å². The zero-order valence-corrected chi connectivity index (χ0v) is 15.1. The SMILES string of the molecule is CSc1ncc2c(=O)n(C3CC3)n(-c3cccc(C(C)(C)O)n3)c2n1. The summed E-state index contributed by atoms with van der Waals surface area (Å²) in [4.78, 5) is 26.2. The number of pyridine rings is 1. The number of aliphatic hydroxyl groups is 1. The van der Waals surface area contributed by atoms with Gasteiger partial charge < -0.3 is 5.11 Å². The van der Waals surface area contributed by atoms with E-state index in [1.165, 1.54) is 11.8 Å². The molecule has 1 saturated carbocycles. The lowest BCUT2D eigenvalue weighted by molar-refractivity contribution is 0.0738. The number of hydrogen-bond acceptors (Lipinski definition) is 6. The fraction of sp³-hybridized carbons (Fsp3) is 0.412. The van der Waals surface area contributed by atoms with Crippen molar-refractivity contribution in [2.24, 2.45) is 0 Å². The van der Waals surface area contributed by atoms with Crippen LogP contribution in [0, 0.1) is 0 Å². The number of fused-ring (bicyclic) bond motifs is 1. The van der Waals surface area contributed by atoms with Gasteiger partial charge in [-0.1, -0.05) is 17.8 Å². The van der Waals surface area contributed by atoms with Gasteiger partial charge in [0, 0.05) is 6.20 Å². The molecule has 4 rings (SSSR count). The van der Waals surface area contributed by atoms with Crippen LogP contribution in [0.25, 0.3) is 16.9 Å². The van der Waals surface area contributed by atoms with Crippen molar-refractivity contribution in [3.63, 3.8) is 0 Å². The molecule has 7 nitrogen and oxygen atoms in total. The molecule has 0 bridgehead atoms. The second-order valence-corrected chi connectivity index (χ2v) is 7.50. The van der Waals surface area contributed by atoms with Crippen molar-refractivity contribution < 1.29 is 5.11 Å².